The van der Waals surface area contributed by atoms with Gasteiger partial charge in [0, 0.05) is 11.8 Å². The zero-order chi connectivity index (χ0) is 12.9. The van der Waals surface area contributed by atoms with Crippen molar-refractivity contribution in [1.82, 2.24) is 4.98 Å². The van der Waals surface area contributed by atoms with Crippen LogP contribution >= 0.6 is 0 Å². The lowest BCUT2D eigenvalue weighted by Crippen LogP contribution is -2.20. The van der Waals surface area contributed by atoms with E-state index in [2.05, 4.69) is 9.72 Å². The molecule has 0 fully saturated rings. The third-order valence-electron chi connectivity index (χ3n) is 1.99. The van der Waals surface area contributed by atoms with Crippen molar-refractivity contribution in [2.24, 2.45) is 0 Å². The van der Waals surface area contributed by atoms with E-state index in [0.29, 0.717) is 17.7 Å². The van der Waals surface area contributed by atoms with E-state index in [9.17, 15) is 13.2 Å². The molecular formula is C11H14F3NO2. The Labute approximate surface area is 97.2 Å². The maximum atomic E-state index is 12.0. The molecule has 0 unspecified atom stereocenters. The Morgan fingerprint density at radius 2 is 2.06 bits per heavy atom. The molecule has 1 aromatic rings. The maximum Gasteiger partial charge on any atom is 0.422 e. The van der Waals surface area contributed by atoms with Crippen LogP contribution in [0.5, 0.6) is 5.88 Å². The van der Waals surface area contributed by atoms with Crippen LogP contribution in [0.3, 0.4) is 0 Å². The quantitative estimate of drug-likeness (QED) is 0.871. The summed E-state index contributed by atoms with van der Waals surface area (Å²) in [6.07, 6.45) is -2.93. The van der Waals surface area contributed by atoms with E-state index in [1.54, 1.807) is 6.07 Å². The number of nitrogens with zero attached hydrogens (tertiary/aromatic N) is 1. The van der Waals surface area contributed by atoms with Gasteiger partial charge < -0.3 is 9.84 Å². The minimum Gasteiger partial charge on any atom is -0.468 e. The molecule has 3 nitrogen and oxygen atoms in total. The lowest BCUT2D eigenvalue weighted by Gasteiger charge is -2.10. The first-order valence-corrected chi connectivity index (χ1v) is 5.25. The molecule has 0 bridgehead atoms. The molecule has 0 amide bonds. The number of rotatable bonds is 5. The molecular weight excluding hydrogens is 235 g/mol. The fraction of sp³-hybridized carbons (Fsp3) is 0.545. The van der Waals surface area contributed by atoms with Gasteiger partial charge in [-0.1, -0.05) is 13.3 Å². The third-order valence-corrected chi connectivity index (χ3v) is 1.99. The highest BCUT2D eigenvalue weighted by molar-refractivity contribution is 5.24. The van der Waals surface area contributed by atoms with Crippen molar-refractivity contribution < 1.29 is 23.0 Å². The number of aliphatic hydroxyl groups is 1. The molecule has 0 atom stereocenters. The number of aromatic nitrogens is 1. The van der Waals surface area contributed by atoms with E-state index in [-0.39, 0.29) is 12.5 Å². The normalized spacial score (nSPS) is 11.6. The lowest BCUT2D eigenvalue weighted by atomic mass is 10.2. The van der Waals surface area contributed by atoms with Crippen molar-refractivity contribution in [3.8, 4) is 5.88 Å². The van der Waals surface area contributed by atoms with Crippen LogP contribution in [0.2, 0.25) is 0 Å². The highest BCUT2D eigenvalue weighted by atomic mass is 19.4. The first-order valence-electron chi connectivity index (χ1n) is 5.25. The summed E-state index contributed by atoms with van der Waals surface area (Å²) in [5, 5.41) is 8.98. The molecule has 0 radical (unpaired) electrons. The van der Waals surface area contributed by atoms with Crippen molar-refractivity contribution in [3.63, 3.8) is 0 Å². The van der Waals surface area contributed by atoms with Crippen LogP contribution in [0, 0.1) is 0 Å². The van der Waals surface area contributed by atoms with Gasteiger partial charge in [-0.25, -0.2) is 4.98 Å². The fourth-order valence-corrected chi connectivity index (χ4v) is 1.33. The molecule has 0 aliphatic heterocycles. The van der Waals surface area contributed by atoms with E-state index in [1.165, 1.54) is 6.07 Å². The molecule has 1 aromatic heterocycles. The Bertz CT molecular complexity index is 366. The van der Waals surface area contributed by atoms with Gasteiger partial charge in [0.2, 0.25) is 5.88 Å². The van der Waals surface area contributed by atoms with E-state index in [4.69, 9.17) is 5.11 Å². The van der Waals surface area contributed by atoms with Crippen LogP contribution in [-0.4, -0.2) is 22.9 Å². The van der Waals surface area contributed by atoms with Gasteiger partial charge in [-0.3, -0.25) is 0 Å². The molecule has 1 heterocycles. The largest absolute Gasteiger partial charge is 0.468 e. The number of hydrogen-bond donors (Lipinski definition) is 1. The van der Waals surface area contributed by atoms with Crippen molar-refractivity contribution in [1.29, 1.82) is 0 Å². The third kappa shape index (κ3) is 5.04. The summed E-state index contributed by atoms with van der Waals surface area (Å²) in [4.78, 5) is 3.94. The molecule has 17 heavy (non-hydrogen) atoms. The van der Waals surface area contributed by atoms with Gasteiger partial charge in [0.25, 0.3) is 0 Å². The Morgan fingerprint density at radius 3 is 2.59 bits per heavy atom. The number of halogens is 3. The van der Waals surface area contributed by atoms with Gasteiger partial charge in [-0.05, 0) is 18.1 Å². The SMILES string of the molecule is CCCc1cc(CO)cc(OCC(F)(F)F)n1. The highest BCUT2D eigenvalue weighted by Crippen LogP contribution is 2.19. The molecule has 0 saturated heterocycles. The van der Waals surface area contributed by atoms with Gasteiger partial charge in [-0.15, -0.1) is 0 Å². The first-order chi connectivity index (χ1) is 7.94. The lowest BCUT2D eigenvalue weighted by molar-refractivity contribution is -0.154. The van der Waals surface area contributed by atoms with Crippen molar-refractivity contribution in [3.05, 3.63) is 23.4 Å². The van der Waals surface area contributed by atoms with E-state index >= 15 is 0 Å². The predicted molar refractivity (Wildman–Crippen MR) is 55.7 cm³/mol. The summed E-state index contributed by atoms with van der Waals surface area (Å²) >= 11 is 0. The Balaban J connectivity index is 2.79. The van der Waals surface area contributed by atoms with Gasteiger partial charge >= 0.3 is 6.18 Å². The monoisotopic (exact) mass is 249 g/mol. The maximum absolute atomic E-state index is 12.0. The van der Waals surface area contributed by atoms with Crippen LogP contribution in [0.1, 0.15) is 24.6 Å². The van der Waals surface area contributed by atoms with Crippen molar-refractivity contribution >= 4 is 0 Å². The predicted octanol–water partition coefficient (Wildman–Crippen LogP) is 2.47. The summed E-state index contributed by atoms with van der Waals surface area (Å²) in [6, 6.07) is 2.97. The molecule has 6 heteroatoms. The second-order valence-electron chi connectivity index (χ2n) is 3.62. The summed E-state index contributed by atoms with van der Waals surface area (Å²) in [5.74, 6) is -0.0997. The summed E-state index contributed by atoms with van der Waals surface area (Å²) in [5.41, 5.74) is 1.12. The van der Waals surface area contributed by atoms with Crippen LogP contribution in [0.25, 0.3) is 0 Å². The number of aryl methyl sites for hydroxylation is 1. The summed E-state index contributed by atoms with van der Waals surface area (Å²) < 4.78 is 40.5. The molecule has 96 valence electrons. The Morgan fingerprint density at radius 1 is 1.35 bits per heavy atom. The summed E-state index contributed by atoms with van der Waals surface area (Å²) in [7, 11) is 0. The second-order valence-corrected chi connectivity index (χ2v) is 3.62. The zero-order valence-corrected chi connectivity index (χ0v) is 9.42. The Hall–Kier alpha value is -1.30. The highest BCUT2D eigenvalue weighted by Gasteiger charge is 2.28. The van der Waals surface area contributed by atoms with E-state index in [0.717, 1.165) is 6.42 Å². The number of aliphatic hydroxyl groups excluding tert-OH is 1. The molecule has 0 aliphatic rings. The summed E-state index contributed by atoms with van der Waals surface area (Å²) in [6.45, 7) is 0.311. The average molecular weight is 249 g/mol. The average Bonchev–Trinajstić information content (AvgIpc) is 2.25. The molecule has 0 aromatic carbocycles. The van der Waals surface area contributed by atoms with E-state index in [1.807, 2.05) is 6.92 Å². The standard InChI is InChI=1S/C11H14F3NO2/c1-2-3-9-4-8(6-16)5-10(15-9)17-7-11(12,13)14/h4-5,16H,2-3,6-7H2,1H3. The minimum atomic E-state index is -4.39. The van der Waals surface area contributed by atoms with Crippen molar-refractivity contribution in [2.75, 3.05) is 6.61 Å². The van der Waals surface area contributed by atoms with Crippen LogP contribution in [0.15, 0.2) is 12.1 Å². The molecule has 0 spiro atoms. The van der Waals surface area contributed by atoms with Gasteiger partial charge in [-0.2, -0.15) is 13.2 Å². The first kappa shape index (κ1) is 13.8. The number of hydrogen-bond acceptors (Lipinski definition) is 3. The zero-order valence-electron chi connectivity index (χ0n) is 9.42. The topological polar surface area (TPSA) is 42.4 Å². The number of alkyl halides is 3. The Kier molecular flexibility index (Phi) is 4.74. The number of ether oxygens (including phenoxy) is 1. The smallest absolute Gasteiger partial charge is 0.422 e. The van der Waals surface area contributed by atoms with Gasteiger partial charge in [0.15, 0.2) is 6.61 Å². The van der Waals surface area contributed by atoms with Crippen LogP contribution in [-0.2, 0) is 13.0 Å². The molecule has 1 rings (SSSR count). The molecule has 0 aliphatic carbocycles. The van der Waals surface area contributed by atoms with Gasteiger partial charge in [0.05, 0.1) is 6.61 Å². The second kappa shape index (κ2) is 5.86. The minimum absolute atomic E-state index is 0.0997. The number of pyridine rings is 1. The van der Waals surface area contributed by atoms with Crippen molar-refractivity contribution in [2.45, 2.75) is 32.5 Å². The molecule has 1 N–H and O–H groups in total. The fourth-order valence-electron chi connectivity index (χ4n) is 1.33. The van der Waals surface area contributed by atoms with Crippen LogP contribution < -0.4 is 4.74 Å². The van der Waals surface area contributed by atoms with Crippen LogP contribution in [0.4, 0.5) is 13.2 Å². The molecule has 0 saturated carbocycles. The van der Waals surface area contributed by atoms with Gasteiger partial charge in [0.1, 0.15) is 0 Å². The van der Waals surface area contributed by atoms with E-state index < -0.39 is 12.8 Å².